The molecule has 0 aromatic heterocycles. The van der Waals surface area contributed by atoms with Gasteiger partial charge in [-0.2, -0.15) is 8.42 Å². The van der Waals surface area contributed by atoms with Crippen LogP contribution in [-0.4, -0.2) is 36.3 Å². The Morgan fingerprint density at radius 1 is 1.50 bits per heavy atom. The molecular formula is C8H12O5S. The molecule has 14 heavy (non-hydrogen) atoms. The average molecular weight is 220 g/mol. The molecule has 0 aromatic carbocycles. The van der Waals surface area contributed by atoms with E-state index >= 15 is 0 Å². The molecule has 5 atom stereocenters. The second-order valence-corrected chi connectivity index (χ2v) is 6.37. The number of fused-ring (bicyclic) bond motifs is 1. The molecule has 1 N–H and O–H groups in total. The van der Waals surface area contributed by atoms with E-state index in [4.69, 9.17) is 8.92 Å². The van der Waals surface area contributed by atoms with E-state index in [0.29, 0.717) is 0 Å². The van der Waals surface area contributed by atoms with E-state index in [9.17, 15) is 13.5 Å². The van der Waals surface area contributed by atoms with Crippen molar-refractivity contribution in [1.82, 2.24) is 0 Å². The van der Waals surface area contributed by atoms with Gasteiger partial charge in [0, 0.05) is 12.3 Å². The molecule has 0 radical (unpaired) electrons. The summed E-state index contributed by atoms with van der Waals surface area (Å²) >= 11 is 0. The Balaban J connectivity index is 2.21. The highest BCUT2D eigenvalue weighted by molar-refractivity contribution is 7.87. The average Bonchev–Trinajstić information content (AvgIpc) is 2.46. The Morgan fingerprint density at radius 2 is 2.14 bits per heavy atom. The van der Waals surface area contributed by atoms with E-state index < -0.39 is 32.9 Å². The van der Waals surface area contributed by atoms with Gasteiger partial charge in [-0.05, 0) is 6.92 Å². The maximum absolute atomic E-state index is 11.6. The molecule has 2 bridgehead atoms. The van der Waals surface area contributed by atoms with E-state index in [1.54, 1.807) is 13.8 Å². The molecule has 0 amide bonds. The molecule has 3 rings (SSSR count). The van der Waals surface area contributed by atoms with Gasteiger partial charge in [0.2, 0.25) is 0 Å². The summed E-state index contributed by atoms with van der Waals surface area (Å²) in [6.45, 7) is 3.46. The van der Waals surface area contributed by atoms with E-state index in [1.165, 1.54) is 0 Å². The van der Waals surface area contributed by atoms with Gasteiger partial charge in [0.15, 0.2) is 5.79 Å². The zero-order valence-corrected chi connectivity index (χ0v) is 8.74. The lowest BCUT2D eigenvalue weighted by Gasteiger charge is -2.26. The minimum atomic E-state index is -3.55. The third-order valence-corrected chi connectivity index (χ3v) is 5.64. The first-order chi connectivity index (χ1) is 6.30. The van der Waals surface area contributed by atoms with Crippen LogP contribution < -0.4 is 0 Å². The quantitative estimate of drug-likeness (QED) is 0.562. The molecule has 5 unspecified atom stereocenters. The first-order valence-corrected chi connectivity index (χ1v) is 6.11. The van der Waals surface area contributed by atoms with Crippen LogP contribution in [0.15, 0.2) is 0 Å². The van der Waals surface area contributed by atoms with Gasteiger partial charge >= 0.3 is 0 Å². The van der Waals surface area contributed by atoms with Gasteiger partial charge in [-0.3, -0.25) is 4.18 Å². The molecule has 0 aromatic rings. The highest BCUT2D eigenvalue weighted by Crippen LogP contribution is 2.60. The van der Waals surface area contributed by atoms with Crippen molar-refractivity contribution in [3.8, 4) is 0 Å². The Morgan fingerprint density at radius 3 is 2.64 bits per heavy atom. The standard InChI is InChI=1S/C8H12O5S/c1-4-6-7(2)5(14(10,11)12-6)3-8(4,9)13-7/h4-6,9H,3H2,1-2H3. The van der Waals surface area contributed by atoms with Gasteiger partial charge < -0.3 is 9.84 Å². The summed E-state index contributed by atoms with van der Waals surface area (Å²) < 4.78 is 33.5. The fourth-order valence-corrected chi connectivity index (χ4v) is 4.97. The minimum absolute atomic E-state index is 0.128. The fourth-order valence-electron chi connectivity index (χ4n) is 2.99. The van der Waals surface area contributed by atoms with Gasteiger partial charge in [-0.25, -0.2) is 0 Å². The van der Waals surface area contributed by atoms with Crippen molar-refractivity contribution in [2.24, 2.45) is 5.92 Å². The summed E-state index contributed by atoms with van der Waals surface area (Å²) in [6.07, 6.45) is -0.403. The SMILES string of the molecule is CC1C2OS(=O)(=O)C3CC1(O)OC23C. The zero-order chi connectivity index (χ0) is 10.4. The minimum Gasteiger partial charge on any atom is -0.365 e. The molecule has 0 spiro atoms. The lowest BCUT2D eigenvalue weighted by Crippen LogP contribution is -2.45. The molecule has 0 aliphatic carbocycles. The van der Waals surface area contributed by atoms with Crippen molar-refractivity contribution in [3.05, 3.63) is 0 Å². The number of aliphatic hydroxyl groups is 1. The van der Waals surface area contributed by atoms with Gasteiger partial charge in [0.05, 0.1) is 0 Å². The number of hydrogen-bond donors (Lipinski definition) is 1. The maximum Gasteiger partial charge on any atom is 0.273 e. The highest BCUT2D eigenvalue weighted by atomic mass is 32.2. The Bertz CT molecular complexity index is 404. The highest BCUT2D eigenvalue weighted by Gasteiger charge is 2.77. The molecule has 3 heterocycles. The first kappa shape index (κ1) is 9.08. The van der Waals surface area contributed by atoms with Crippen molar-refractivity contribution in [3.63, 3.8) is 0 Å². The summed E-state index contributed by atoms with van der Waals surface area (Å²) in [5, 5.41) is 9.31. The predicted molar refractivity (Wildman–Crippen MR) is 45.8 cm³/mol. The van der Waals surface area contributed by atoms with Crippen LogP contribution in [0.25, 0.3) is 0 Å². The zero-order valence-electron chi connectivity index (χ0n) is 7.93. The van der Waals surface area contributed by atoms with Crippen LogP contribution in [0, 0.1) is 5.92 Å². The maximum atomic E-state index is 11.6. The van der Waals surface area contributed by atoms with Crippen molar-refractivity contribution >= 4 is 10.1 Å². The summed E-state index contributed by atoms with van der Waals surface area (Å²) in [5.41, 5.74) is -0.854. The summed E-state index contributed by atoms with van der Waals surface area (Å²) in [6, 6.07) is 0. The van der Waals surface area contributed by atoms with Crippen LogP contribution in [0.2, 0.25) is 0 Å². The van der Waals surface area contributed by atoms with Crippen LogP contribution in [0.5, 0.6) is 0 Å². The van der Waals surface area contributed by atoms with Gasteiger partial charge in [-0.1, -0.05) is 6.92 Å². The van der Waals surface area contributed by atoms with Crippen molar-refractivity contribution in [1.29, 1.82) is 0 Å². The molecule has 3 aliphatic heterocycles. The van der Waals surface area contributed by atoms with Crippen LogP contribution in [0.4, 0.5) is 0 Å². The van der Waals surface area contributed by atoms with Crippen molar-refractivity contribution in [2.45, 2.75) is 43.0 Å². The largest absolute Gasteiger partial charge is 0.365 e. The van der Waals surface area contributed by atoms with E-state index in [0.717, 1.165) is 0 Å². The van der Waals surface area contributed by atoms with Gasteiger partial charge in [0.25, 0.3) is 10.1 Å². The first-order valence-electron chi connectivity index (χ1n) is 4.64. The number of rotatable bonds is 0. The van der Waals surface area contributed by atoms with Gasteiger partial charge in [0.1, 0.15) is 17.0 Å². The second-order valence-electron chi connectivity index (χ2n) is 4.62. The van der Waals surface area contributed by atoms with Crippen molar-refractivity contribution in [2.75, 3.05) is 0 Å². The Hall–Kier alpha value is -0.170. The lowest BCUT2D eigenvalue weighted by atomic mass is 9.78. The predicted octanol–water partition coefficient (Wildman–Crippen LogP) is -0.399. The molecule has 3 aliphatic rings. The number of ether oxygens (including phenoxy) is 1. The number of hydrogen-bond acceptors (Lipinski definition) is 5. The molecular weight excluding hydrogens is 208 g/mol. The third kappa shape index (κ3) is 0.722. The van der Waals surface area contributed by atoms with Crippen LogP contribution >= 0.6 is 0 Å². The lowest BCUT2D eigenvalue weighted by molar-refractivity contribution is -0.193. The van der Waals surface area contributed by atoms with Gasteiger partial charge in [-0.15, -0.1) is 0 Å². The summed E-state index contributed by atoms with van der Waals surface area (Å²) in [7, 11) is -3.55. The van der Waals surface area contributed by atoms with Crippen LogP contribution in [0.1, 0.15) is 20.3 Å². The van der Waals surface area contributed by atoms with E-state index in [2.05, 4.69) is 0 Å². The summed E-state index contributed by atoms with van der Waals surface area (Å²) in [4.78, 5) is 0. The molecule has 0 saturated carbocycles. The van der Waals surface area contributed by atoms with Crippen LogP contribution in [-0.2, 0) is 19.0 Å². The van der Waals surface area contributed by atoms with Crippen molar-refractivity contribution < 1.29 is 22.4 Å². The smallest absolute Gasteiger partial charge is 0.273 e. The fraction of sp³-hybridized carbons (Fsp3) is 1.00. The Kier molecular flexibility index (Phi) is 1.31. The Labute approximate surface area is 82.1 Å². The summed E-state index contributed by atoms with van der Waals surface area (Å²) in [5.74, 6) is -1.60. The molecule has 80 valence electrons. The third-order valence-electron chi connectivity index (χ3n) is 3.83. The van der Waals surface area contributed by atoms with E-state index in [1.807, 2.05) is 0 Å². The molecule has 6 heteroatoms. The normalized spacial score (nSPS) is 63.5. The second kappa shape index (κ2) is 2.02. The molecule has 5 nitrogen and oxygen atoms in total. The van der Waals surface area contributed by atoms with E-state index in [-0.39, 0.29) is 12.3 Å². The molecule has 3 fully saturated rings. The van der Waals surface area contributed by atoms with Crippen LogP contribution in [0.3, 0.4) is 0 Å². The topological polar surface area (TPSA) is 72.8 Å². The molecule has 3 saturated heterocycles. The monoisotopic (exact) mass is 220 g/mol.